The zero-order valence-corrected chi connectivity index (χ0v) is 15.2. The van der Waals surface area contributed by atoms with Crippen LogP contribution in [0.3, 0.4) is 0 Å². The third-order valence-corrected chi connectivity index (χ3v) is 4.25. The number of ether oxygens (including phenoxy) is 1. The Bertz CT molecular complexity index is 705. The van der Waals surface area contributed by atoms with E-state index in [9.17, 15) is 4.79 Å². The lowest BCUT2D eigenvalue weighted by Gasteiger charge is -2.35. The van der Waals surface area contributed by atoms with Gasteiger partial charge < -0.3 is 15.0 Å². The summed E-state index contributed by atoms with van der Waals surface area (Å²) in [6.07, 6.45) is -0.236. The van der Waals surface area contributed by atoms with E-state index in [2.05, 4.69) is 41.7 Å². The van der Waals surface area contributed by atoms with Crippen LogP contribution in [0.15, 0.2) is 54.6 Å². The second-order valence-corrected chi connectivity index (χ2v) is 7.42. The van der Waals surface area contributed by atoms with Crippen LogP contribution in [0.4, 0.5) is 4.79 Å². The summed E-state index contributed by atoms with van der Waals surface area (Å²) in [7, 11) is 0. The van der Waals surface area contributed by atoms with Gasteiger partial charge in [-0.25, -0.2) is 4.79 Å². The van der Waals surface area contributed by atoms with Crippen molar-refractivity contribution in [3.05, 3.63) is 60.2 Å². The predicted molar refractivity (Wildman–Crippen MR) is 100 cm³/mol. The van der Waals surface area contributed by atoms with E-state index in [1.165, 1.54) is 16.7 Å². The van der Waals surface area contributed by atoms with Gasteiger partial charge in [0, 0.05) is 19.6 Å². The number of rotatable bonds is 2. The van der Waals surface area contributed by atoms with Gasteiger partial charge in [0.15, 0.2) is 0 Å². The van der Waals surface area contributed by atoms with Gasteiger partial charge in [0.1, 0.15) is 5.60 Å². The number of benzene rings is 2. The number of carbonyl (C=O) groups excluding carboxylic acids is 1. The van der Waals surface area contributed by atoms with E-state index in [0.717, 1.165) is 6.54 Å². The molecule has 0 saturated carbocycles. The molecule has 2 aromatic carbocycles. The monoisotopic (exact) mass is 338 g/mol. The number of nitrogens with one attached hydrogen (secondary N) is 1. The van der Waals surface area contributed by atoms with Crippen molar-refractivity contribution in [3.8, 4) is 11.1 Å². The first-order valence-corrected chi connectivity index (χ1v) is 8.79. The van der Waals surface area contributed by atoms with E-state index >= 15 is 0 Å². The standard InChI is InChI=1S/C21H26N2O2/c1-21(2,3)25-20(24)23-14-13-22-19(15-23)18-11-9-17(10-12-18)16-7-5-4-6-8-16/h4-12,19,22H,13-15H2,1-3H3/t19-/m0/s1. The minimum atomic E-state index is -0.464. The molecule has 1 aliphatic rings. The zero-order valence-electron chi connectivity index (χ0n) is 15.2. The SMILES string of the molecule is CC(C)(C)OC(=O)N1CCN[C@H](c2ccc(-c3ccccc3)cc2)C1. The number of amides is 1. The van der Waals surface area contributed by atoms with Gasteiger partial charge in [-0.15, -0.1) is 0 Å². The lowest BCUT2D eigenvalue weighted by molar-refractivity contribution is 0.0195. The second kappa shape index (κ2) is 7.28. The Kier molecular flexibility index (Phi) is 5.09. The molecule has 1 aliphatic heterocycles. The number of nitrogens with zero attached hydrogens (tertiary/aromatic N) is 1. The molecule has 0 unspecified atom stereocenters. The van der Waals surface area contributed by atoms with Crippen LogP contribution >= 0.6 is 0 Å². The lowest BCUT2D eigenvalue weighted by atomic mass is 9.99. The van der Waals surface area contributed by atoms with Gasteiger partial charge in [-0.1, -0.05) is 54.6 Å². The van der Waals surface area contributed by atoms with Gasteiger partial charge in [0.05, 0.1) is 6.04 Å². The van der Waals surface area contributed by atoms with E-state index in [1.54, 1.807) is 4.90 Å². The molecule has 1 saturated heterocycles. The van der Waals surface area contributed by atoms with E-state index in [1.807, 2.05) is 39.0 Å². The highest BCUT2D eigenvalue weighted by molar-refractivity contribution is 5.68. The van der Waals surface area contributed by atoms with Crippen LogP contribution in [-0.4, -0.2) is 36.2 Å². The Morgan fingerprint density at radius 3 is 2.32 bits per heavy atom. The van der Waals surface area contributed by atoms with Gasteiger partial charge in [0.25, 0.3) is 0 Å². The first-order valence-electron chi connectivity index (χ1n) is 8.79. The van der Waals surface area contributed by atoms with Crippen LogP contribution in [0, 0.1) is 0 Å². The van der Waals surface area contributed by atoms with E-state index in [-0.39, 0.29) is 12.1 Å². The molecule has 0 aromatic heterocycles. The Morgan fingerprint density at radius 1 is 1.04 bits per heavy atom. The molecule has 25 heavy (non-hydrogen) atoms. The van der Waals surface area contributed by atoms with Crippen molar-refractivity contribution < 1.29 is 9.53 Å². The van der Waals surface area contributed by atoms with Gasteiger partial charge in [0.2, 0.25) is 0 Å². The first kappa shape index (κ1) is 17.5. The molecule has 1 N–H and O–H groups in total. The molecule has 132 valence electrons. The fourth-order valence-electron chi connectivity index (χ4n) is 3.00. The highest BCUT2D eigenvalue weighted by Crippen LogP contribution is 2.24. The molecule has 2 aromatic rings. The van der Waals surface area contributed by atoms with E-state index in [4.69, 9.17) is 4.74 Å². The summed E-state index contributed by atoms with van der Waals surface area (Å²) >= 11 is 0. The maximum atomic E-state index is 12.3. The molecule has 0 spiro atoms. The number of carbonyl (C=O) groups is 1. The maximum absolute atomic E-state index is 12.3. The largest absolute Gasteiger partial charge is 0.444 e. The van der Waals surface area contributed by atoms with Crippen molar-refractivity contribution in [3.63, 3.8) is 0 Å². The number of hydrogen-bond donors (Lipinski definition) is 1. The molecule has 1 atom stereocenters. The Morgan fingerprint density at radius 2 is 1.68 bits per heavy atom. The number of hydrogen-bond acceptors (Lipinski definition) is 3. The molecule has 1 amide bonds. The van der Waals surface area contributed by atoms with E-state index < -0.39 is 5.60 Å². The molecule has 0 radical (unpaired) electrons. The third kappa shape index (κ3) is 4.60. The highest BCUT2D eigenvalue weighted by Gasteiger charge is 2.27. The first-order chi connectivity index (χ1) is 11.9. The topological polar surface area (TPSA) is 41.6 Å². The average Bonchev–Trinajstić information content (AvgIpc) is 2.61. The Labute approximate surface area is 149 Å². The molecule has 4 nitrogen and oxygen atoms in total. The van der Waals surface area contributed by atoms with Crippen LogP contribution in [0.1, 0.15) is 32.4 Å². The molecule has 4 heteroatoms. The molecule has 1 heterocycles. The van der Waals surface area contributed by atoms with Crippen LogP contribution in [0.5, 0.6) is 0 Å². The summed E-state index contributed by atoms with van der Waals surface area (Å²) in [6, 6.07) is 19.0. The summed E-state index contributed by atoms with van der Waals surface area (Å²) in [4.78, 5) is 14.1. The van der Waals surface area contributed by atoms with Crippen LogP contribution in [0.25, 0.3) is 11.1 Å². The van der Waals surface area contributed by atoms with Crippen LogP contribution < -0.4 is 5.32 Å². The fourth-order valence-corrected chi connectivity index (χ4v) is 3.00. The van der Waals surface area contributed by atoms with Gasteiger partial charge >= 0.3 is 6.09 Å². The van der Waals surface area contributed by atoms with Crippen molar-refractivity contribution in [2.75, 3.05) is 19.6 Å². The minimum Gasteiger partial charge on any atom is -0.444 e. The van der Waals surface area contributed by atoms with Crippen molar-refractivity contribution in [2.24, 2.45) is 0 Å². The Hall–Kier alpha value is -2.33. The van der Waals surface area contributed by atoms with E-state index in [0.29, 0.717) is 13.1 Å². The molecule has 0 aliphatic carbocycles. The minimum absolute atomic E-state index is 0.131. The average molecular weight is 338 g/mol. The van der Waals surface area contributed by atoms with Crippen molar-refractivity contribution in [1.29, 1.82) is 0 Å². The van der Waals surface area contributed by atoms with Gasteiger partial charge in [-0.3, -0.25) is 0 Å². The molecule has 0 bridgehead atoms. The zero-order chi connectivity index (χ0) is 17.9. The molecule has 3 rings (SSSR count). The highest BCUT2D eigenvalue weighted by atomic mass is 16.6. The van der Waals surface area contributed by atoms with Crippen LogP contribution in [0.2, 0.25) is 0 Å². The summed E-state index contributed by atoms with van der Waals surface area (Å²) < 4.78 is 5.50. The molecule has 1 fully saturated rings. The number of piperazine rings is 1. The van der Waals surface area contributed by atoms with Crippen LogP contribution in [-0.2, 0) is 4.74 Å². The smallest absolute Gasteiger partial charge is 0.410 e. The third-order valence-electron chi connectivity index (χ3n) is 4.25. The maximum Gasteiger partial charge on any atom is 0.410 e. The molecular formula is C21H26N2O2. The normalized spacial score (nSPS) is 18.0. The van der Waals surface area contributed by atoms with Crippen molar-refractivity contribution in [1.82, 2.24) is 10.2 Å². The Balaban J connectivity index is 1.68. The lowest BCUT2D eigenvalue weighted by Crippen LogP contribution is -2.49. The quantitative estimate of drug-likeness (QED) is 0.891. The van der Waals surface area contributed by atoms with Gasteiger partial charge in [-0.05, 0) is 37.5 Å². The summed E-state index contributed by atoms with van der Waals surface area (Å²) in [6.45, 7) is 7.75. The predicted octanol–water partition coefficient (Wildman–Crippen LogP) is 4.24. The molecular weight excluding hydrogens is 312 g/mol. The fraction of sp³-hybridized carbons (Fsp3) is 0.381. The summed E-state index contributed by atoms with van der Waals surface area (Å²) in [5.74, 6) is 0. The summed E-state index contributed by atoms with van der Waals surface area (Å²) in [5.41, 5.74) is 3.13. The van der Waals surface area contributed by atoms with Crippen molar-refractivity contribution >= 4 is 6.09 Å². The van der Waals surface area contributed by atoms with Crippen molar-refractivity contribution in [2.45, 2.75) is 32.4 Å². The summed E-state index contributed by atoms with van der Waals surface area (Å²) in [5, 5.41) is 3.49. The van der Waals surface area contributed by atoms with Gasteiger partial charge in [-0.2, -0.15) is 0 Å². The second-order valence-electron chi connectivity index (χ2n) is 7.42.